The van der Waals surface area contributed by atoms with Crippen LogP contribution in [0.1, 0.15) is 32.3 Å². The highest BCUT2D eigenvalue weighted by Gasteiger charge is 2.22. The van der Waals surface area contributed by atoms with Gasteiger partial charge in [0.1, 0.15) is 5.75 Å². The van der Waals surface area contributed by atoms with Gasteiger partial charge < -0.3 is 10.1 Å². The second-order valence-electron chi connectivity index (χ2n) is 5.50. The van der Waals surface area contributed by atoms with Crippen molar-refractivity contribution in [2.75, 3.05) is 13.2 Å². The smallest absolute Gasteiger partial charge is 0.125 e. The average Bonchev–Trinajstić information content (AvgIpc) is 3.12. The molecule has 1 aliphatic rings. The zero-order valence-electron chi connectivity index (χ0n) is 11.2. The van der Waals surface area contributed by atoms with Crippen molar-refractivity contribution in [1.82, 2.24) is 5.32 Å². The summed E-state index contributed by atoms with van der Waals surface area (Å²) in [4.78, 5) is 0. The first kappa shape index (κ1) is 13.7. The molecule has 0 amide bonds. The molecule has 1 aromatic rings. The highest BCUT2D eigenvalue weighted by Crippen LogP contribution is 2.32. The van der Waals surface area contributed by atoms with E-state index in [1.807, 2.05) is 18.2 Å². The third kappa shape index (κ3) is 4.18. The Kier molecular flexibility index (Phi) is 4.90. The molecule has 0 aliphatic heterocycles. The van der Waals surface area contributed by atoms with E-state index in [-0.39, 0.29) is 0 Å². The molecule has 0 saturated heterocycles. The lowest BCUT2D eigenvalue weighted by Gasteiger charge is -2.14. The molecule has 0 spiro atoms. The number of rotatable bonds is 7. The van der Waals surface area contributed by atoms with E-state index in [4.69, 9.17) is 16.3 Å². The molecule has 2 nitrogen and oxygen atoms in total. The van der Waals surface area contributed by atoms with Gasteiger partial charge in [0.15, 0.2) is 0 Å². The van der Waals surface area contributed by atoms with Crippen LogP contribution in [-0.2, 0) is 6.54 Å². The standard InChI is InChI=1S/C15H22ClNO/c1-11(2)8-17-9-13-14(16)4-3-5-15(13)18-10-12-6-7-12/h3-5,11-12,17H,6-10H2,1-2H3. The van der Waals surface area contributed by atoms with Crippen LogP contribution in [0.4, 0.5) is 0 Å². The van der Waals surface area contributed by atoms with Gasteiger partial charge in [-0.1, -0.05) is 31.5 Å². The number of nitrogens with one attached hydrogen (secondary N) is 1. The Balaban J connectivity index is 1.95. The van der Waals surface area contributed by atoms with Crippen molar-refractivity contribution in [3.63, 3.8) is 0 Å². The second-order valence-corrected chi connectivity index (χ2v) is 5.90. The monoisotopic (exact) mass is 267 g/mol. The largest absolute Gasteiger partial charge is 0.493 e. The predicted molar refractivity (Wildman–Crippen MR) is 76.2 cm³/mol. The van der Waals surface area contributed by atoms with Crippen LogP contribution in [0.25, 0.3) is 0 Å². The molecule has 2 rings (SSSR count). The molecule has 0 atom stereocenters. The van der Waals surface area contributed by atoms with Crippen molar-refractivity contribution in [1.29, 1.82) is 0 Å². The van der Waals surface area contributed by atoms with Crippen LogP contribution in [0.15, 0.2) is 18.2 Å². The van der Waals surface area contributed by atoms with Gasteiger partial charge in [0.05, 0.1) is 6.61 Å². The van der Waals surface area contributed by atoms with E-state index in [1.54, 1.807) is 0 Å². The van der Waals surface area contributed by atoms with Crippen LogP contribution in [0.2, 0.25) is 5.02 Å². The fourth-order valence-corrected chi connectivity index (χ4v) is 2.06. The minimum absolute atomic E-state index is 0.642. The van der Waals surface area contributed by atoms with Gasteiger partial charge >= 0.3 is 0 Å². The fraction of sp³-hybridized carbons (Fsp3) is 0.600. The summed E-state index contributed by atoms with van der Waals surface area (Å²) >= 11 is 6.26. The minimum atomic E-state index is 0.642. The predicted octanol–water partition coefficient (Wildman–Crippen LogP) is 3.87. The molecule has 1 N–H and O–H groups in total. The first-order valence-corrected chi connectivity index (χ1v) is 7.15. The molecule has 0 unspecified atom stereocenters. The Morgan fingerprint density at radius 2 is 2.17 bits per heavy atom. The SMILES string of the molecule is CC(C)CNCc1c(Cl)cccc1OCC1CC1. The lowest BCUT2D eigenvalue weighted by Crippen LogP contribution is -2.19. The molecule has 1 aromatic carbocycles. The van der Waals surface area contributed by atoms with E-state index in [0.29, 0.717) is 5.92 Å². The van der Waals surface area contributed by atoms with E-state index < -0.39 is 0 Å². The zero-order chi connectivity index (χ0) is 13.0. The topological polar surface area (TPSA) is 21.3 Å². The summed E-state index contributed by atoms with van der Waals surface area (Å²) in [6.45, 7) is 7.00. The molecule has 0 aromatic heterocycles. The van der Waals surface area contributed by atoms with Gasteiger partial charge in [-0.25, -0.2) is 0 Å². The average molecular weight is 268 g/mol. The molecule has 0 radical (unpaired) electrons. The minimum Gasteiger partial charge on any atom is -0.493 e. The van der Waals surface area contributed by atoms with Gasteiger partial charge in [-0.15, -0.1) is 0 Å². The lowest BCUT2D eigenvalue weighted by atomic mass is 10.1. The number of benzene rings is 1. The molecule has 3 heteroatoms. The van der Waals surface area contributed by atoms with Gasteiger partial charge in [-0.05, 0) is 43.4 Å². The maximum atomic E-state index is 6.26. The summed E-state index contributed by atoms with van der Waals surface area (Å²) in [6, 6.07) is 5.90. The van der Waals surface area contributed by atoms with E-state index in [1.165, 1.54) is 12.8 Å². The third-order valence-corrected chi connectivity index (χ3v) is 3.46. The number of hydrogen-bond donors (Lipinski definition) is 1. The Labute approximate surface area is 115 Å². The third-order valence-electron chi connectivity index (χ3n) is 3.10. The molecule has 1 aliphatic carbocycles. The van der Waals surface area contributed by atoms with Crippen molar-refractivity contribution < 1.29 is 4.74 Å². The van der Waals surface area contributed by atoms with Gasteiger partial charge in [-0.3, -0.25) is 0 Å². The van der Waals surface area contributed by atoms with Crippen molar-refractivity contribution >= 4 is 11.6 Å². The first-order valence-electron chi connectivity index (χ1n) is 6.77. The van der Waals surface area contributed by atoms with Gasteiger partial charge in [0.25, 0.3) is 0 Å². The summed E-state index contributed by atoms with van der Waals surface area (Å²) in [5.74, 6) is 2.34. The zero-order valence-corrected chi connectivity index (χ0v) is 12.0. The maximum absolute atomic E-state index is 6.26. The van der Waals surface area contributed by atoms with Gasteiger partial charge in [0.2, 0.25) is 0 Å². The Hall–Kier alpha value is -0.730. The van der Waals surface area contributed by atoms with Crippen molar-refractivity contribution in [3.05, 3.63) is 28.8 Å². The van der Waals surface area contributed by atoms with E-state index in [2.05, 4.69) is 19.2 Å². The quantitative estimate of drug-likeness (QED) is 0.810. The molecule has 0 bridgehead atoms. The normalized spacial score (nSPS) is 15.1. The number of halogens is 1. The van der Waals surface area contributed by atoms with Gasteiger partial charge in [-0.2, -0.15) is 0 Å². The van der Waals surface area contributed by atoms with Gasteiger partial charge in [0, 0.05) is 17.1 Å². The van der Waals surface area contributed by atoms with Crippen LogP contribution in [0.5, 0.6) is 5.75 Å². The van der Waals surface area contributed by atoms with E-state index in [0.717, 1.165) is 41.9 Å². The van der Waals surface area contributed by atoms with Crippen molar-refractivity contribution in [2.45, 2.75) is 33.2 Å². The van der Waals surface area contributed by atoms with E-state index >= 15 is 0 Å². The summed E-state index contributed by atoms with van der Waals surface area (Å²) in [6.07, 6.45) is 2.61. The summed E-state index contributed by atoms with van der Waals surface area (Å²) < 4.78 is 5.87. The molecule has 1 fully saturated rings. The Morgan fingerprint density at radius 3 is 2.83 bits per heavy atom. The summed E-state index contributed by atoms with van der Waals surface area (Å²) in [5, 5.41) is 4.21. The molecular formula is C15H22ClNO. The fourth-order valence-electron chi connectivity index (χ4n) is 1.82. The lowest BCUT2D eigenvalue weighted by molar-refractivity contribution is 0.296. The highest BCUT2D eigenvalue weighted by atomic mass is 35.5. The molecule has 0 heterocycles. The molecule has 1 saturated carbocycles. The first-order chi connectivity index (χ1) is 8.66. The Bertz CT molecular complexity index is 388. The second kappa shape index (κ2) is 6.44. The van der Waals surface area contributed by atoms with Crippen LogP contribution in [0, 0.1) is 11.8 Å². The van der Waals surface area contributed by atoms with Crippen LogP contribution in [-0.4, -0.2) is 13.2 Å². The van der Waals surface area contributed by atoms with Crippen LogP contribution < -0.4 is 10.1 Å². The highest BCUT2D eigenvalue weighted by molar-refractivity contribution is 6.31. The van der Waals surface area contributed by atoms with Crippen LogP contribution in [0.3, 0.4) is 0 Å². The summed E-state index contributed by atoms with van der Waals surface area (Å²) in [7, 11) is 0. The number of hydrogen-bond acceptors (Lipinski definition) is 2. The van der Waals surface area contributed by atoms with E-state index in [9.17, 15) is 0 Å². The molecule has 100 valence electrons. The molecular weight excluding hydrogens is 246 g/mol. The maximum Gasteiger partial charge on any atom is 0.125 e. The van der Waals surface area contributed by atoms with Crippen molar-refractivity contribution in [3.8, 4) is 5.75 Å². The number of ether oxygens (including phenoxy) is 1. The van der Waals surface area contributed by atoms with Crippen molar-refractivity contribution in [2.24, 2.45) is 11.8 Å². The Morgan fingerprint density at radius 1 is 1.39 bits per heavy atom. The van der Waals surface area contributed by atoms with Crippen LogP contribution >= 0.6 is 11.6 Å². The summed E-state index contributed by atoms with van der Waals surface area (Å²) in [5.41, 5.74) is 1.08. The molecule has 18 heavy (non-hydrogen) atoms.